The van der Waals surface area contributed by atoms with Crippen LogP contribution in [0, 0.1) is 0 Å². The van der Waals surface area contributed by atoms with Gasteiger partial charge in [0.2, 0.25) is 0 Å². The molecule has 0 saturated heterocycles. The van der Waals surface area contributed by atoms with E-state index in [0.717, 1.165) is 54.2 Å². The fourth-order valence-corrected chi connectivity index (χ4v) is 3.45. The van der Waals surface area contributed by atoms with Gasteiger partial charge in [0.25, 0.3) is 0 Å². The van der Waals surface area contributed by atoms with Crippen molar-refractivity contribution < 1.29 is 4.74 Å². The predicted molar refractivity (Wildman–Crippen MR) is 118 cm³/mol. The zero-order valence-corrected chi connectivity index (χ0v) is 17.0. The van der Waals surface area contributed by atoms with Crippen LogP contribution in [-0.2, 0) is 13.0 Å². The van der Waals surface area contributed by atoms with E-state index in [1.165, 1.54) is 11.1 Å². The molecule has 1 heterocycles. The highest BCUT2D eigenvalue weighted by atomic mass is 16.5. The van der Waals surface area contributed by atoms with Crippen molar-refractivity contribution in [3.63, 3.8) is 0 Å². The fourth-order valence-electron chi connectivity index (χ4n) is 3.45. The van der Waals surface area contributed by atoms with E-state index in [4.69, 9.17) is 15.5 Å². The molecule has 3 aromatic rings. The molecule has 0 unspecified atom stereocenters. The summed E-state index contributed by atoms with van der Waals surface area (Å²) in [5.41, 5.74) is 10.4. The number of fused-ring (bicyclic) bond motifs is 1. The monoisotopic (exact) mass is 378 g/mol. The highest BCUT2D eigenvalue weighted by molar-refractivity contribution is 5.93. The average Bonchev–Trinajstić information content (AvgIpc) is 2.75. The SMILES string of the molecule is CCc1cc(OC)ccc1CN(CC)c1cc(NCCN)c2ccccc2n1. The number of ether oxygens (including phenoxy) is 1. The lowest BCUT2D eigenvalue weighted by atomic mass is 10.0. The van der Waals surface area contributed by atoms with Gasteiger partial charge in [-0.2, -0.15) is 0 Å². The number of nitrogens with zero attached hydrogens (tertiary/aromatic N) is 2. The molecule has 0 aliphatic heterocycles. The van der Waals surface area contributed by atoms with Crippen molar-refractivity contribution in [3.8, 4) is 5.75 Å². The molecule has 5 nitrogen and oxygen atoms in total. The second-order valence-electron chi connectivity index (χ2n) is 6.76. The molecule has 0 atom stereocenters. The van der Waals surface area contributed by atoms with Crippen LogP contribution in [0.4, 0.5) is 11.5 Å². The van der Waals surface area contributed by atoms with Gasteiger partial charge in [-0.15, -0.1) is 0 Å². The summed E-state index contributed by atoms with van der Waals surface area (Å²) >= 11 is 0. The van der Waals surface area contributed by atoms with Gasteiger partial charge in [0.1, 0.15) is 11.6 Å². The van der Waals surface area contributed by atoms with Crippen molar-refractivity contribution in [2.75, 3.05) is 37.0 Å². The van der Waals surface area contributed by atoms with Gasteiger partial charge in [-0.1, -0.05) is 31.2 Å². The summed E-state index contributed by atoms with van der Waals surface area (Å²) in [5, 5.41) is 4.57. The number of anilines is 2. The standard InChI is InChI=1S/C23H30N4O/c1-4-17-14-19(28-3)11-10-18(17)16-27(5-2)23-15-22(25-13-12-24)20-8-6-7-9-21(20)26-23/h6-11,14-15H,4-5,12-13,16,24H2,1-3H3,(H,25,26). The Balaban J connectivity index is 1.97. The lowest BCUT2D eigenvalue weighted by molar-refractivity contribution is 0.414. The number of pyridine rings is 1. The van der Waals surface area contributed by atoms with Crippen molar-refractivity contribution in [3.05, 3.63) is 59.7 Å². The first-order valence-corrected chi connectivity index (χ1v) is 9.94. The van der Waals surface area contributed by atoms with Crippen molar-refractivity contribution in [2.24, 2.45) is 5.73 Å². The number of para-hydroxylation sites is 1. The maximum Gasteiger partial charge on any atom is 0.131 e. The molecular formula is C23H30N4O. The maximum absolute atomic E-state index is 5.70. The number of hydrogen-bond donors (Lipinski definition) is 2. The minimum absolute atomic E-state index is 0.592. The number of aromatic nitrogens is 1. The normalized spacial score (nSPS) is 10.9. The summed E-state index contributed by atoms with van der Waals surface area (Å²) in [6.45, 7) is 7.35. The number of nitrogens with two attached hydrogens (primary N) is 1. The molecule has 0 bridgehead atoms. The van der Waals surface area contributed by atoms with Gasteiger partial charge < -0.3 is 20.7 Å². The van der Waals surface area contributed by atoms with Crippen molar-refractivity contribution in [2.45, 2.75) is 26.8 Å². The molecule has 148 valence electrons. The van der Waals surface area contributed by atoms with Gasteiger partial charge in [0.15, 0.2) is 0 Å². The summed E-state index contributed by atoms with van der Waals surface area (Å²) in [4.78, 5) is 7.24. The van der Waals surface area contributed by atoms with Crippen LogP contribution in [0.5, 0.6) is 5.75 Å². The first kappa shape index (κ1) is 20.0. The summed E-state index contributed by atoms with van der Waals surface area (Å²) < 4.78 is 5.38. The second-order valence-corrected chi connectivity index (χ2v) is 6.76. The number of aryl methyl sites for hydroxylation is 1. The molecule has 5 heteroatoms. The fraction of sp³-hybridized carbons (Fsp3) is 0.348. The number of rotatable bonds is 9. The zero-order valence-electron chi connectivity index (χ0n) is 17.0. The molecule has 0 aliphatic carbocycles. The molecule has 0 spiro atoms. The van der Waals surface area contributed by atoms with Gasteiger partial charge in [-0.25, -0.2) is 4.98 Å². The van der Waals surface area contributed by atoms with E-state index in [1.807, 2.05) is 18.2 Å². The molecule has 2 aromatic carbocycles. The Morgan fingerprint density at radius 2 is 1.89 bits per heavy atom. The molecule has 0 fully saturated rings. The van der Waals surface area contributed by atoms with E-state index >= 15 is 0 Å². The molecule has 1 aromatic heterocycles. The molecular weight excluding hydrogens is 348 g/mol. The van der Waals surface area contributed by atoms with Crippen molar-refractivity contribution >= 4 is 22.4 Å². The average molecular weight is 379 g/mol. The van der Waals surface area contributed by atoms with Gasteiger partial charge in [0.05, 0.1) is 12.6 Å². The smallest absolute Gasteiger partial charge is 0.131 e. The molecule has 0 amide bonds. The van der Waals surface area contributed by atoms with Crippen LogP contribution < -0.4 is 20.7 Å². The lowest BCUT2D eigenvalue weighted by Crippen LogP contribution is -2.24. The number of hydrogen-bond acceptors (Lipinski definition) is 5. The predicted octanol–water partition coefficient (Wildman–Crippen LogP) is 4.20. The van der Waals surface area contributed by atoms with Crippen LogP contribution >= 0.6 is 0 Å². The minimum atomic E-state index is 0.592. The quantitative estimate of drug-likeness (QED) is 0.584. The Labute approximate surface area is 167 Å². The summed E-state index contributed by atoms with van der Waals surface area (Å²) in [6, 6.07) is 16.7. The largest absolute Gasteiger partial charge is 0.497 e. The van der Waals surface area contributed by atoms with Crippen LogP contribution in [0.1, 0.15) is 25.0 Å². The molecule has 0 radical (unpaired) electrons. The van der Waals surface area contributed by atoms with Crippen molar-refractivity contribution in [1.82, 2.24) is 4.98 Å². The third-order valence-corrected chi connectivity index (χ3v) is 5.02. The van der Waals surface area contributed by atoms with Crippen LogP contribution in [0.2, 0.25) is 0 Å². The van der Waals surface area contributed by atoms with Gasteiger partial charge in [0, 0.05) is 43.3 Å². The van der Waals surface area contributed by atoms with E-state index in [9.17, 15) is 0 Å². The number of nitrogens with one attached hydrogen (secondary N) is 1. The highest BCUT2D eigenvalue weighted by Crippen LogP contribution is 2.28. The number of methoxy groups -OCH3 is 1. The second kappa shape index (κ2) is 9.42. The first-order valence-electron chi connectivity index (χ1n) is 9.94. The summed E-state index contributed by atoms with van der Waals surface area (Å²) in [7, 11) is 1.71. The van der Waals surface area contributed by atoms with Crippen LogP contribution in [0.25, 0.3) is 10.9 Å². The minimum Gasteiger partial charge on any atom is -0.497 e. The van der Waals surface area contributed by atoms with Crippen LogP contribution in [-0.4, -0.2) is 31.7 Å². The summed E-state index contributed by atoms with van der Waals surface area (Å²) in [5.74, 6) is 1.87. The number of benzene rings is 2. The molecule has 28 heavy (non-hydrogen) atoms. The molecule has 0 aliphatic rings. The third kappa shape index (κ3) is 4.37. The molecule has 0 saturated carbocycles. The van der Waals surface area contributed by atoms with E-state index in [1.54, 1.807) is 7.11 Å². The van der Waals surface area contributed by atoms with Crippen LogP contribution in [0.3, 0.4) is 0 Å². The van der Waals surface area contributed by atoms with E-state index in [-0.39, 0.29) is 0 Å². The lowest BCUT2D eigenvalue weighted by Gasteiger charge is -2.25. The van der Waals surface area contributed by atoms with E-state index in [2.05, 4.69) is 54.4 Å². The van der Waals surface area contributed by atoms with Crippen LogP contribution in [0.15, 0.2) is 48.5 Å². The Hall–Kier alpha value is -2.79. The van der Waals surface area contributed by atoms with Gasteiger partial charge >= 0.3 is 0 Å². The first-order chi connectivity index (χ1) is 13.7. The Morgan fingerprint density at radius 1 is 1.07 bits per heavy atom. The zero-order chi connectivity index (χ0) is 19.9. The third-order valence-electron chi connectivity index (χ3n) is 5.02. The van der Waals surface area contributed by atoms with E-state index < -0.39 is 0 Å². The van der Waals surface area contributed by atoms with E-state index in [0.29, 0.717) is 6.54 Å². The topological polar surface area (TPSA) is 63.4 Å². The molecule has 3 N–H and O–H groups in total. The Morgan fingerprint density at radius 3 is 2.61 bits per heavy atom. The Bertz CT molecular complexity index is 926. The molecule has 3 rings (SSSR count). The Kier molecular flexibility index (Phi) is 6.71. The van der Waals surface area contributed by atoms with Gasteiger partial charge in [-0.3, -0.25) is 0 Å². The van der Waals surface area contributed by atoms with Gasteiger partial charge in [-0.05, 0) is 42.7 Å². The van der Waals surface area contributed by atoms with Crippen molar-refractivity contribution in [1.29, 1.82) is 0 Å². The summed E-state index contributed by atoms with van der Waals surface area (Å²) in [6.07, 6.45) is 0.971. The maximum atomic E-state index is 5.70. The highest BCUT2D eigenvalue weighted by Gasteiger charge is 2.13.